The molecule has 1 heterocycles. The van der Waals surface area contributed by atoms with E-state index in [0.717, 1.165) is 5.01 Å². The molecule has 0 saturated carbocycles. The van der Waals surface area contributed by atoms with Gasteiger partial charge in [0.15, 0.2) is 9.84 Å². The summed E-state index contributed by atoms with van der Waals surface area (Å²) in [4.78, 5) is 0.170. The SMILES string of the molecule is Cc1nnc(CS(=O)(=O)c2ccc(O)cc2)s1. The normalized spacial score (nSPS) is 11.6. The predicted octanol–water partition coefficient (Wildman–Crippen LogP) is 1.53. The molecule has 0 radical (unpaired) electrons. The third kappa shape index (κ3) is 2.80. The van der Waals surface area contributed by atoms with Crippen LogP contribution in [0.1, 0.15) is 10.0 Å². The third-order valence-corrected chi connectivity index (χ3v) is 4.74. The van der Waals surface area contributed by atoms with E-state index in [0.29, 0.717) is 5.01 Å². The molecule has 5 nitrogen and oxygen atoms in total. The van der Waals surface area contributed by atoms with E-state index in [1.54, 1.807) is 6.92 Å². The number of sulfone groups is 1. The summed E-state index contributed by atoms with van der Waals surface area (Å²) in [5.41, 5.74) is 0. The Bertz CT molecular complexity index is 617. The summed E-state index contributed by atoms with van der Waals surface area (Å²) < 4.78 is 24.0. The van der Waals surface area contributed by atoms with Crippen LogP contribution in [0.3, 0.4) is 0 Å². The van der Waals surface area contributed by atoms with Gasteiger partial charge in [0.2, 0.25) is 0 Å². The van der Waals surface area contributed by atoms with Crippen LogP contribution in [0, 0.1) is 6.92 Å². The lowest BCUT2D eigenvalue weighted by atomic mass is 10.3. The number of phenolic OH excluding ortho intramolecular Hbond substituents is 1. The molecule has 1 aromatic heterocycles. The Morgan fingerprint density at radius 2 is 1.88 bits per heavy atom. The minimum Gasteiger partial charge on any atom is -0.508 e. The van der Waals surface area contributed by atoms with Gasteiger partial charge in [-0.05, 0) is 31.2 Å². The third-order valence-electron chi connectivity index (χ3n) is 2.08. The molecule has 0 aliphatic rings. The van der Waals surface area contributed by atoms with E-state index < -0.39 is 9.84 Å². The van der Waals surface area contributed by atoms with Crippen molar-refractivity contribution in [3.05, 3.63) is 34.3 Å². The molecule has 1 N–H and O–H groups in total. The lowest BCUT2D eigenvalue weighted by Crippen LogP contribution is -2.04. The minimum atomic E-state index is -3.42. The van der Waals surface area contributed by atoms with Crippen molar-refractivity contribution in [3.8, 4) is 5.75 Å². The van der Waals surface area contributed by atoms with Crippen LogP contribution in [0.2, 0.25) is 0 Å². The summed E-state index contributed by atoms with van der Waals surface area (Å²) >= 11 is 1.26. The van der Waals surface area contributed by atoms with Gasteiger partial charge in [-0.1, -0.05) is 0 Å². The molecular formula is C10H10N2O3S2. The molecule has 90 valence electrons. The summed E-state index contributed by atoms with van der Waals surface area (Å²) in [7, 11) is -3.42. The Kier molecular flexibility index (Phi) is 3.12. The molecule has 7 heteroatoms. The summed E-state index contributed by atoms with van der Waals surface area (Å²) in [6, 6.07) is 5.44. The van der Waals surface area contributed by atoms with Gasteiger partial charge >= 0.3 is 0 Å². The van der Waals surface area contributed by atoms with E-state index in [-0.39, 0.29) is 16.4 Å². The first-order valence-electron chi connectivity index (χ1n) is 4.78. The molecular weight excluding hydrogens is 260 g/mol. The second kappa shape index (κ2) is 4.42. The average Bonchev–Trinajstić information content (AvgIpc) is 2.63. The number of phenols is 1. The first-order chi connectivity index (χ1) is 7.97. The second-order valence-corrected chi connectivity index (χ2v) is 6.72. The zero-order valence-electron chi connectivity index (χ0n) is 8.99. The molecule has 0 atom stereocenters. The van der Waals surface area contributed by atoms with Crippen LogP contribution in [-0.2, 0) is 15.6 Å². The fourth-order valence-corrected chi connectivity index (χ4v) is 3.60. The van der Waals surface area contributed by atoms with E-state index >= 15 is 0 Å². The maximum absolute atomic E-state index is 12.0. The fourth-order valence-electron chi connectivity index (χ4n) is 1.30. The Morgan fingerprint density at radius 3 is 2.41 bits per heavy atom. The molecule has 0 aliphatic carbocycles. The largest absolute Gasteiger partial charge is 0.508 e. The van der Waals surface area contributed by atoms with Gasteiger partial charge in [0.25, 0.3) is 0 Å². The maximum Gasteiger partial charge on any atom is 0.184 e. The summed E-state index contributed by atoms with van der Waals surface area (Å²) in [5, 5.41) is 17.9. The van der Waals surface area contributed by atoms with Gasteiger partial charge in [-0.25, -0.2) is 8.42 Å². The highest BCUT2D eigenvalue weighted by molar-refractivity contribution is 7.90. The topological polar surface area (TPSA) is 80.2 Å². The van der Waals surface area contributed by atoms with Crippen LogP contribution in [0.4, 0.5) is 0 Å². The number of nitrogens with zero attached hydrogens (tertiary/aromatic N) is 2. The Morgan fingerprint density at radius 1 is 1.24 bits per heavy atom. The van der Waals surface area contributed by atoms with Gasteiger partial charge in [0.1, 0.15) is 21.5 Å². The van der Waals surface area contributed by atoms with Gasteiger partial charge in [-0.3, -0.25) is 0 Å². The van der Waals surface area contributed by atoms with E-state index in [1.165, 1.54) is 35.6 Å². The van der Waals surface area contributed by atoms with Crippen LogP contribution in [-0.4, -0.2) is 23.7 Å². The first-order valence-corrected chi connectivity index (χ1v) is 7.25. The number of rotatable bonds is 3. The molecule has 0 saturated heterocycles. The van der Waals surface area contributed by atoms with Crippen molar-refractivity contribution in [2.75, 3.05) is 0 Å². The lowest BCUT2D eigenvalue weighted by Gasteiger charge is -2.01. The molecule has 0 fully saturated rings. The number of benzene rings is 1. The van der Waals surface area contributed by atoms with Crippen LogP contribution < -0.4 is 0 Å². The van der Waals surface area contributed by atoms with Crippen molar-refractivity contribution in [2.24, 2.45) is 0 Å². The van der Waals surface area contributed by atoms with Crippen molar-refractivity contribution in [2.45, 2.75) is 17.6 Å². The summed E-state index contributed by atoms with van der Waals surface area (Å²) in [6.07, 6.45) is 0. The average molecular weight is 270 g/mol. The Balaban J connectivity index is 2.28. The van der Waals surface area contributed by atoms with Gasteiger partial charge in [0.05, 0.1) is 4.90 Å². The summed E-state index contributed by atoms with van der Waals surface area (Å²) in [5.74, 6) is -0.126. The monoisotopic (exact) mass is 270 g/mol. The number of aryl methyl sites for hydroxylation is 1. The van der Waals surface area contributed by atoms with Crippen molar-refractivity contribution < 1.29 is 13.5 Å². The molecule has 0 aliphatic heterocycles. The van der Waals surface area contributed by atoms with Crippen LogP contribution in [0.5, 0.6) is 5.75 Å². The lowest BCUT2D eigenvalue weighted by molar-refractivity contribution is 0.475. The van der Waals surface area contributed by atoms with Crippen molar-refractivity contribution in [1.29, 1.82) is 0 Å². The number of aromatic hydroxyl groups is 1. The second-order valence-electron chi connectivity index (χ2n) is 3.47. The smallest absolute Gasteiger partial charge is 0.184 e. The first kappa shape index (κ1) is 12.0. The van der Waals surface area contributed by atoms with E-state index in [1.807, 2.05) is 0 Å². The quantitative estimate of drug-likeness (QED) is 0.914. The summed E-state index contributed by atoms with van der Waals surface area (Å²) in [6.45, 7) is 1.77. The highest BCUT2D eigenvalue weighted by Gasteiger charge is 2.17. The highest BCUT2D eigenvalue weighted by atomic mass is 32.2. The molecule has 1 aromatic carbocycles. The van der Waals surface area contributed by atoms with Crippen LogP contribution in [0.25, 0.3) is 0 Å². The molecule has 0 spiro atoms. The molecule has 0 amide bonds. The number of aromatic nitrogens is 2. The standard InChI is InChI=1S/C10H10N2O3S2/c1-7-11-12-10(16-7)6-17(14,15)9-4-2-8(13)3-5-9/h2-5,13H,6H2,1H3. The van der Waals surface area contributed by atoms with Gasteiger partial charge in [-0.15, -0.1) is 21.5 Å². The van der Waals surface area contributed by atoms with E-state index in [2.05, 4.69) is 10.2 Å². The molecule has 2 aromatic rings. The minimum absolute atomic E-state index is 0.0377. The van der Waals surface area contributed by atoms with Crippen LogP contribution in [0.15, 0.2) is 29.2 Å². The van der Waals surface area contributed by atoms with Crippen molar-refractivity contribution >= 4 is 21.2 Å². The fraction of sp³-hybridized carbons (Fsp3) is 0.200. The maximum atomic E-state index is 12.0. The molecule has 2 rings (SSSR count). The zero-order valence-corrected chi connectivity index (χ0v) is 10.6. The van der Waals surface area contributed by atoms with Crippen molar-refractivity contribution in [1.82, 2.24) is 10.2 Å². The molecule has 17 heavy (non-hydrogen) atoms. The Hall–Kier alpha value is -1.47. The Labute approximate surface area is 103 Å². The number of hydrogen-bond donors (Lipinski definition) is 1. The van der Waals surface area contributed by atoms with E-state index in [9.17, 15) is 8.42 Å². The highest BCUT2D eigenvalue weighted by Crippen LogP contribution is 2.20. The van der Waals surface area contributed by atoms with E-state index in [4.69, 9.17) is 5.11 Å². The number of hydrogen-bond acceptors (Lipinski definition) is 6. The van der Waals surface area contributed by atoms with Gasteiger partial charge in [0, 0.05) is 0 Å². The van der Waals surface area contributed by atoms with Crippen molar-refractivity contribution in [3.63, 3.8) is 0 Å². The molecule has 0 bridgehead atoms. The predicted molar refractivity (Wildman–Crippen MR) is 63.6 cm³/mol. The van der Waals surface area contributed by atoms with Crippen LogP contribution >= 0.6 is 11.3 Å². The van der Waals surface area contributed by atoms with Gasteiger partial charge in [-0.2, -0.15) is 0 Å². The molecule has 0 unspecified atom stereocenters. The zero-order chi connectivity index (χ0) is 12.5. The van der Waals surface area contributed by atoms with Gasteiger partial charge < -0.3 is 5.11 Å².